The second-order valence-electron chi connectivity index (χ2n) is 7.91. The zero-order chi connectivity index (χ0) is 21.1. The molecule has 0 saturated carbocycles. The van der Waals surface area contributed by atoms with Gasteiger partial charge in [0, 0.05) is 32.4 Å². The Bertz CT molecular complexity index is 721. The van der Waals surface area contributed by atoms with Gasteiger partial charge in [0.15, 0.2) is 0 Å². The van der Waals surface area contributed by atoms with Crippen LogP contribution in [0.2, 0.25) is 0 Å². The Labute approximate surface area is 161 Å². The Hall–Kier alpha value is -2.32. The van der Waals surface area contributed by atoms with Crippen molar-refractivity contribution >= 4 is 17.8 Å². The van der Waals surface area contributed by atoms with Crippen molar-refractivity contribution in [3.63, 3.8) is 0 Å². The van der Waals surface area contributed by atoms with Crippen LogP contribution in [0.15, 0.2) is 12.1 Å². The normalized spacial score (nSPS) is 16.1. The molecular weight excluding hydrogens is 377 g/mol. The van der Waals surface area contributed by atoms with Crippen LogP contribution in [-0.2, 0) is 26.9 Å². The number of piperidine rings is 1. The number of anilines is 1. The van der Waals surface area contributed by atoms with Crippen LogP contribution in [0, 0.1) is 5.41 Å². The smallest absolute Gasteiger partial charge is 0.433 e. The Morgan fingerprint density at radius 3 is 2.32 bits per heavy atom. The maximum absolute atomic E-state index is 13.1. The fraction of sp³-hybridized carbons (Fsp3) is 0.632. The number of carbonyl (C=O) groups excluding carboxylic acids is 1. The largest absolute Gasteiger partial charge is 0.481 e. The van der Waals surface area contributed by atoms with Crippen molar-refractivity contribution in [1.82, 2.24) is 4.98 Å². The summed E-state index contributed by atoms with van der Waals surface area (Å²) in [4.78, 5) is 28.3. The number of pyridine rings is 1. The van der Waals surface area contributed by atoms with Crippen molar-refractivity contribution in [2.75, 3.05) is 18.0 Å². The summed E-state index contributed by atoms with van der Waals surface area (Å²) in [6.45, 7) is 6.01. The minimum absolute atomic E-state index is 0.0920. The lowest BCUT2D eigenvalue weighted by Gasteiger charge is -2.34. The van der Waals surface area contributed by atoms with Crippen molar-refractivity contribution in [2.24, 2.45) is 5.41 Å². The van der Waals surface area contributed by atoms with Crippen LogP contribution in [0.3, 0.4) is 0 Å². The maximum atomic E-state index is 13.1. The quantitative estimate of drug-likeness (QED) is 0.757. The van der Waals surface area contributed by atoms with Gasteiger partial charge in [0.1, 0.15) is 17.6 Å². The lowest BCUT2D eigenvalue weighted by molar-refractivity contribution is -0.159. The second kappa shape index (κ2) is 8.36. The van der Waals surface area contributed by atoms with Crippen LogP contribution in [0.4, 0.5) is 19.0 Å². The molecule has 1 fully saturated rings. The van der Waals surface area contributed by atoms with Gasteiger partial charge in [-0.1, -0.05) is 6.07 Å². The number of alkyl halides is 3. The molecule has 1 saturated heterocycles. The van der Waals surface area contributed by atoms with E-state index >= 15 is 0 Å². The predicted molar refractivity (Wildman–Crippen MR) is 96.0 cm³/mol. The van der Waals surface area contributed by atoms with Gasteiger partial charge in [0.25, 0.3) is 0 Å². The fourth-order valence-corrected chi connectivity index (χ4v) is 2.86. The number of esters is 1. The van der Waals surface area contributed by atoms with E-state index in [1.807, 2.05) is 0 Å². The van der Waals surface area contributed by atoms with Crippen LogP contribution >= 0.6 is 0 Å². The molecule has 0 amide bonds. The van der Waals surface area contributed by atoms with Crippen LogP contribution in [0.5, 0.6) is 0 Å². The van der Waals surface area contributed by atoms with Gasteiger partial charge >= 0.3 is 18.1 Å². The van der Waals surface area contributed by atoms with Gasteiger partial charge in [0.05, 0.1) is 5.41 Å². The number of ether oxygens (including phenoxy) is 1. The second-order valence-corrected chi connectivity index (χ2v) is 7.91. The molecule has 9 heteroatoms. The lowest BCUT2D eigenvalue weighted by Crippen LogP contribution is -2.40. The molecule has 0 bridgehead atoms. The summed E-state index contributed by atoms with van der Waals surface area (Å²) < 4.78 is 44.7. The first-order chi connectivity index (χ1) is 12.9. The highest BCUT2D eigenvalue weighted by Gasteiger charge is 2.34. The van der Waals surface area contributed by atoms with Crippen LogP contribution < -0.4 is 4.90 Å². The van der Waals surface area contributed by atoms with Crippen molar-refractivity contribution in [2.45, 2.75) is 58.7 Å². The van der Waals surface area contributed by atoms with Crippen LogP contribution in [-0.4, -0.2) is 41.2 Å². The number of aromatic nitrogens is 1. The van der Waals surface area contributed by atoms with Gasteiger partial charge in [-0.2, -0.15) is 13.2 Å². The summed E-state index contributed by atoms with van der Waals surface area (Å²) in [5, 5.41) is 8.88. The molecule has 28 heavy (non-hydrogen) atoms. The van der Waals surface area contributed by atoms with Crippen molar-refractivity contribution in [1.29, 1.82) is 0 Å². The zero-order valence-electron chi connectivity index (χ0n) is 16.2. The molecule has 0 unspecified atom stereocenters. The van der Waals surface area contributed by atoms with Gasteiger partial charge in [-0.3, -0.25) is 9.59 Å². The molecule has 6 nitrogen and oxygen atoms in total. The lowest BCUT2D eigenvalue weighted by atomic mass is 9.97. The number of aryl methyl sites for hydroxylation is 1. The number of hydrogen-bond donors (Lipinski definition) is 1. The molecule has 1 N–H and O–H groups in total. The van der Waals surface area contributed by atoms with E-state index in [4.69, 9.17) is 9.84 Å². The Balaban J connectivity index is 2.15. The number of halogens is 3. The molecule has 0 aromatic carbocycles. The van der Waals surface area contributed by atoms with E-state index in [9.17, 15) is 22.8 Å². The van der Waals surface area contributed by atoms with Gasteiger partial charge < -0.3 is 14.7 Å². The predicted octanol–water partition coefficient (Wildman–Crippen LogP) is 3.68. The highest BCUT2D eigenvalue weighted by molar-refractivity contribution is 5.75. The molecular formula is C19H25F3N2O4. The van der Waals surface area contributed by atoms with E-state index in [-0.39, 0.29) is 30.7 Å². The highest BCUT2D eigenvalue weighted by Crippen LogP contribution is 2.32. The van der Waals surface area contributed by atoms with Crippen molar-refractivity contribution in [3.05, 3.63) is 23.4 Å². The Kier molecular flexibility index (Phi) is 6.56. The maximum Gasteiger partial charge on any atom is 0.433 e. The Morgan fingerprint density at radius 2 is 1.82 bits per heavy atom. The number of rotatable bonds is 5. The van der Waals surface area contributed by atoms with Crippen molar-refractivity contribution < 1.29 is 32.6 Å². The molecule has 1 aromatic rings. The van der Waals surface area contributed by atoms with Crippen LogP contribution in [0.1, 0.15) is 51.3 Å². The molecule has 0 atom stereocenters. The third-order valence-electron chi connectivity index (χ3n) is 4.48. The first kappa shape index (κ1) is 22.0. The molecule has 0 radical (unpaired) electrons. The zero-order valence-corrected chi connectivity index (χ0v) is 16.2. The fourth-order valence-electron chi connectivity index (χ4n) is 2.86. The molecule has 0 aliphatic carbocycles. The summed E-state index contributed by atoms with van der Waals surface area (Å²) in [6, 6.07) is 2.17. The number of hydrogen-bond acceptors (Lipinski definition) is 5. The first-order valence-electron chi connectivity index (χ1n) is 9.13. The van der Waals surface area contributed by atoms with E-state index in [0.717, 1.165) is 6.07 Å². The van der Waals surface area contributed by atoms with E-state index in [2.05, 4.69) is 4.98 Å². The molecule has 0 spiro atoms. The Morgan fingerprint density at radius 1 is 1.21 bits per heavy atom. The van der Waals surface area contributed by atoms with E-state index in [1.54, 1.807) is 25.7 Å². The number of carboxylic acids is 1. The number of aliphatic carboxylic acids is 1. The summed E-state index contributed by atoms with van der Waals surface area (Å²) in [7, 11) is 0. The number of carbonyl (C=O) groups is 2. The van der Waals surface area contributed by atoms with Crippen LogP contribution in [0.25, 0.3) is 0 Å². The van der Waals surface area contributed by atoms with E-state index < -0.39 is 23.3 Å². The average Bonchev–Trinajstić information content (AvgIpc) is 2.59. The standard InChI is InChI=1S/C19H25F3N2O4/c1-18(2,3)17(27)28-13-8-10-24(11-9-13)16-12(5-7-15(25)26)4-6-14(23-16)19(20,21)22/h4,6,13H,5,7-11H2,1-3H3,(H,25,26). The molecule has 1 aromatic heterocycles. The first-order valence-corrected chi connectivity index (χ1v) is 9.13. The van der Waals surface area contributed by atoms with Gasteiger partial charge in [-0.05, 0) is 38.8 Å². The SMILES string of the molecule is CC(C)(C)C(=O)OC1CCN(c2nc(C(F)(F)F)ccc2CCC(=O)O)CC1. The third-order valence-corrected chi connectivity index (χ3v) is 4.48. The number of nitrogens with zero attached hydrogens (tertiary/aromatic N) is 2. The summed E-state index contributed by atoms with van der Waals surface area (Å²) >= 11 is 0. The minimum Gasteiger partial charge on any atom is -0.481 e. The molecule has 1 aliphatic heterocycles. The third kappa shape index (κ3) is 5.84. The van der Waals surface area contributed by atoms with Gasteiger partial charge in [-0.25, -0.2) is 4.98 Å². The topological polar surface area (TPSA) is 79.7 Å². The average molecular weight is 402 g/mol. The van der Waals surface area contributed by atoms with E-state index in [1.165, 1.54) is 6.07 Å². The molecule has 2 heterocycles. The van der Waals surface area contributed by atoms with Gasteiger partial charge in [0.2, 0.25) is 0 Å². The molecule has 2 rings (SSSR count). The molecule has 156 valence electrons. The number of carboxylic acid groups (broad SMARTS) is 1. The van der Waals surface area contributed by atoms with E-state index in [0.29, 0.717) is 31.5 Å². The summed E-state index contributed by atoms with van der Waals surface area (Å²) in [5.74, 6) is -1.19. The minimum atomic E-state index is -4.58. The molecule has 1 aliphatic rings. The summed E-state index contributed by atoms with van der Waals surface area (Å²) in [6.07, 6.45) is -4.04. The monoisotopic (exact) mass is 402 g/mol. The highest BCUT2D eigenvalue weighted by atomic mass is 19.4. The van der Waals surface area contributed by atoms with Crippen molar-refractivity contribution in [3.8, 4) is 0 Å². The summed E-state index contributed by atoms with van der Waals surface area (Å²) in [5.41, 5.74) is -1.17. The van der Waals surface area contributed by atoms with Gasteiger partial charge in [-0.15, -0.1) is 0 Å².